The van der Waals surface area contributed by atoms with E-state index in [0.29, 0.717) is 13.1 Å². The molecular weight excluding hydrogens is 320 g/mol. The number of aromatic nitrogens is 2. The number of urea groups is 1. The van der Waals surface area contributed by atoms with Gasteiger partial charge in [0.2, 0.25) is 0 Å². The highest BCUT2D eigenvalue weighted by atomic mass is 32.1. The topological polar surface area (TPSA) is 50.2 Å². The quantitative estimate of drug-likeness (QED) is 0.797. The van der Waals surface area contributed by atoms with Crippen LogP contribution < -0.4 is 5.32 Å². The molecule has 4 rings (SSSR count). The van der Waals surface area contributed by atoms with Crippen LogP contribution in [0.1, 0.15) is 16.0 Å². The number of hydrogen-bond donors (Lipinski definition) is 1. The lowest BCUT2D eigenvalue weighted by atomic mass is 10.1. The fourth-order valence-corrected chi connectivity index (χ4v) is 3.77. The first-order valence-electron chi connectivity index (χ1n) is 7.96. The zero-order valence-corrected chi connectivity index (χ0v) is 14.0. The van der Waals surface area contributed by atoms with Crippen LogP contribution in [-0.2, 0) is 19.5 Å². The van der Waals surface area contributed by atoms with Crippen molar-refractivity contribution in [3.8, 4) is 5.69 Å². The van der Waals surface area contributed by atoms with Crippen molar-refractivity contribution >= 4 is 17.4 Å². The third-order valence-electron chi connectivity index (χ3n) is 4.20. The van der Waals surface area contributed by atoms with Gasteiger partial charge in [0.25, 0.3) is 0 Å². The van der Waals surface area contributed by atoms with E-state index in [2.05, 4.69) is 21.9 Å². The highest BCUT2D eigenvalue weighted by Gasteiger charge is 2.21. The van der Waals surface area contributed by atoms with Gasteiger partial charge in [0, 0.05) is 36.3 Å². The number of benzene rings is 1. The molecule has 0 saturated heterocycles. The molecular formula is C18H18N4OS. The maximum atomic E-state index is 12.4. The van der Waals surface area contributed by atoms with Crippen LogP contribution in [0, 0.1) is 0 Å². The number of para-hydroxylation sites is 1. The van der Waals surface area contributed by atoms with Gasteiger partial charge in [-0.05, 0) is 35.6 Å². The molecule has 1 aliphatic rings. The molecule has 0 spiro atoms. The van der Waals surface area contributed by atoms with Crippen LogP contribution in [0.5, 0.6) is 0 Å². The number of hydrogen-bond acceptors (Lipinski definition) is 3. The summed E-state index contributed by atoms with van der Waals surface area (Å²) in [6.45, 7) is 1.97. The minimum atomic E-state index is -0.0145. The van der Waals surface area contributed by atoms with E-state index in [1.54, 1.807) is 17.5 Å². The minimum absolute atomic E-state index is 0.0145. The van der Waals surface area contributed by atoms with E-state index in [0.717, 1.165) is 24.2 Å². The molecule has 0 aliphatic carbocycles. The molecule has 3 aromatic rings. The summed E-state index contributed by atoms with van der Waals surface area (Å²) in [5.41, 5.74) is 3.27. The van der Waals surface area contributed by atoms with Gasteiger partial charge in [0.05, 0.1) is 11.9 Å². The number of nitrogens with one attached hydrogen (secondary N) is 1. The Hall–Kier alpha value is -2.60. The van der Waals surface area contributed by atoms with Gasteiger partial charge in [-0.3, -0.25) is 0 Å². The number of rotatable bonds is 3. The number of thiophene rings is 1. The Morgan fingerprint density at radius 3 is 3.00 bits per heavy atom. The summed E-state index contributed by atoms with van der Waals surface area (Å²) in [4.78, 5) is 15.6. The van der Waals surface area contributed by atoms with E-state index in [9.17, 15) is 4.79 Å². The third-order valence-corrected chi connectivity index (χ3v) is 5.22. The third kappa shape index (κ3) is 3.05. The molecule has 0 fully saturated rings. The lowest BCUT2D eigenvalue weighted by Gasteiger charge is -2.27. The molecule has 5 nitrogen and oxygen atoms in total. The largest absolute Gasteiger partial charge is 0.334 e. The Balaban J connectivity index is 1.36. The van der Waals surface area contributed by atoms with Gasteiger partial charge >= 0.3 is 6.03 Å². The summed E-state index contributed by atoms with van der Waals surface area (Å²) in [6.07, 6.45) is 4.69. The normalized spacial score (nSPS) is 13.6. The summed E-state index contributed by atoms with van der Waals surface area (Å²) in [7, 11) is 0. The molecule has 0 atom stereocenters. The standard InChI is InChI=1S/C18H18N4OS/c23-18(21-8-6-17-15(13-21)7-9-24-17)19-10-14-11-20-22(12-14)16-4-2-1-3-5-16/h1-5,7,9,11-12H,6,8,10,13H2,(H,19,23). The predicted octanol–water partition coefficient (Wildman–Crippen LogP) is 3.20. The molecule has 0 radical (unpaired) electrons. The van der Waals surface area contributed by atoms with Crippen molar-refractivity contribution in [2.24, 2.45) is 0 Å². The molecule has 6 heteroatoms. The summed E-state index contributed by atoms with van der Waals surface area (Å²) in [6, 6.07) is 12.0. The average Bonchev–Trinajstić information content (AvgIpc) is 3.29. The van der Waals surface area contributed by atoms with Crippen molar-refractivity contribution in [3.63, 3.8) is 0 Å². The van der Waals surface area contributed by atoms with Crippen LogP contribution in [0.15, 0.2) is 54.2 Å². The van der Waals surface area contributed by atoms with E-state index >= 15 is 0 Å². The van der Waals surface area contributed by atoms with Crippen molar-refractivity contribution < 1.29 is 4.79 Å². The van der Waals surface area contributed by atoms with E-state index in [-0.39, 0.29) is 6.03 Å². The van der Waals surface area contributed by atoms with Gasteiger partial charge < -0.3 is 10.2 Å². The monoisotopic (exact) mass is 338 g/mol. The Labute approximate surface area is 144 Å². The predicted molar refractivity (Wildman–Crippen MR) is 94.2 cm³/mol. The average molecular weight is 338 g/mol. The van der Waals surface area contributed by atoms with Crippen LogP contribution in [0.4, 0.5) is 4.79 Å². The molecule has 2 amide bonds. The van der Waals surface area contributed by atoms with Crippen molar-refractivity contribution in [1.29, 1.82) is 0 Å². The van der Waals surface area contributed by atoms with Crippen LogP contribution in [0.2, 0.25) is 0 Å². The first kappa shape index (κ1) is 15.0. The van der Waals surface area contributed by atoms with Crippen molar-refractivity contribution in [2.75, 3.05) is 6.54 Å². The Kier molecular flexibility index (Phi) is 4.04. The lowest BCUT2D eigenvalue weighted by molar-refractivity contribution is 0.192. The molecule has 1 N–H and O–H groups in total. The Morgan fingerprint density at radius 1 is 1.25 bits per heavy atom. The van der Waals surface area contributed by atoms with E-state index in [1.165, 1.54) is 10.4 Å². The lowest BCUT2D eigenvalue weighted by Crippen LogP contribution is -2.42. The zero-order chi connectivity index (χ0) is 16.4. The number of fused-ring (bicyclic) bond motifs is 1. The highest BCUT2D eigenvalue weighted by Crippen LogP contribution is 2.23. The van der Waals surface area contributed by atoms with Crippen LogP contribution in [-0.4, -0.2) is 27.3 Å². The molecule has 1 aromatic carbocycles. The maximum Gasteiger partial charge on any atom is 0.317 e. The number of carbonyl (C=O) groups excluding carboxylic acids is 1. The molecule has 0 unspecified atom stereocenters. The Bertz CT molecular complexity index is 840. The zero-order valence-electron chi connectivity index (χ0n) is 13.2. The van der Waals surface area contributed by atoms with E-state index in [4.69, 9.17) is 0 Å². The van der Waals surface area contributed by atoms with Gasteiger partial charge in [-0.1, -0.05) is 18.2 Å². The minimum Gasteiger partial charge on any atom is -0.334 e. The first-order valence-corrected chi connectivity index (χ1v) is 8.84. The smallest absolute Gasteiger partial charge is 0.317 e. The second-order valence-corrected chi connectivity index (χ2v) is 6.83. The highest BCUT2D eigenvalue weighted by molar-refractivity contribution is 7.10. The fourth-order valence-electron chi connectivity index (χ4n) is 2.88. The van der Waals surface area contributed by atoms with E-state index in [1.807, 2.05) is 46.1 Å². The van der Waals surface area contributed by atoms with Gasteiger partial charge in [0.1, 0.15) is 0 Å². The second kappa shape index (κ2) is 6.49. The molecule has 0 bridgehead atoms. The summed E-state index contributed by atoms with van der Waals surface area (Å²) in [5.74, 6) is 0. The van der Waals surface area contributed by atoms with Crippen LogP contribution >= 0.6 is 11.3 Å². The fraction of sp³-hybridized carbons (Fsp3) is 0.222. The van der Waals surface area contributed by atoms with Gasteiger partial charge in [0.15, 0.2) is 0 Å². The molecule has 3 heterocycles. The maximum absolute atomic E-state index is 12.4. The molecule has 1 aliphatic heterocycles. The van der Waals surface area contributed by atoms with Gasteiger partial charge in [-0.25, -0.2) is 9.48 Å². The second-order valence-electron chi connectivity index (χ2n) is 5.83. The van der Waals surface area contributed by atoms with Gasteiger partial charge in [-0.15, -0.1) is 11.3 Å². The van der Waals surface area contributed by atoms with Crippen LogP contribution in [0.25, 0.3) is 5.69 Å². The number of amides is 2. The number of carbonyl (C=O) groups is 1. The van der Waals surface area contributed by atoms with Crippen LogP contribution in [0.3, 0.4) is 0 Å². The first-order chi connectivity index (χ1) is 11.8. The van der Waals surface area contributed by atoms with Crippen molar-refractivity contribution in [2.45, 2.75) is 19.5 Å². The Morgan fingerprint density at radius 2 is 2.12 bits per heavy atom. The molecule has 2 aromatic heterocycles. The molecule has 24 heavy (non-hydrogen) atoms. The van der Waals surface area contributed by atoms with E-state index < -0.39 is 0 Å². The van der Waals surface area contributed by atoms with Crippen molar-refractivity contribution in [1.82, 2.24) is 20.0 Å². The SMILES string of the molecule is O=C(NCc1cnn(-c2ccccc2)c1)N1CCc2sccc2C1. The van der Waals surface area contributed by atoms with Gasteiger partial charge in [-0.2, -0.15) is 5.10 Å². The molecule has 122 valence electrons. The molecule has 0 saturated carbocycles. The van der Waals surface area contributed by atoms with Crippen molar-refractivity contribution in [3.05, 3.63) is 70.2 Å². The summed E-state index contributed by atoms with van der Waals surface area (Å²) in [5, 5.41) is 9.45. The summed E-state index contributed by atoms with van der Waals surface area (Å²) < 4.78 is 1.82. The number of nitrogens with zero attached hydrogens (tertiary/aromatic N) is 3. The summed E-state index contributed by atoms with van der Waals surface area (Å²) >= 11 is 1.78.